The van der Waals surface area contributed by atoms with Gasteiger partial charge in [0.05, 0.1) is 30.6 Å². The number of ether oxygens (including phenoxy) is 1. The predicted octanol–water partition coefficient (Wildman–Crippen LogP) is 5.46. The third kappa shape index (κ3) is 5.88. The highest BCUT2D eigenvalue weighted by molar-refractivity contribution is 6.00. The van der Waals surface area contributed by atoms with Crippen molar-refractivity contribution in [3.05, 3.63) is 88.7 Å². The van der Waals surface area contributed by atoms with Crippen molar-refractivity contribution in [1.82, 2.24) is 15.3 Å². The van der Waals surface area contributed by atoms with Crippen molar-refractivity contribution in [2.45, 2.75) is 37.9 Å². The maximum atomic E-state index is 15.4. The molecule has 222 valence electrons. The summed E-state index contributed by atoms with van der Waals surface area (Å²) in [6.07, 6.45) is -5.45. The molecular formula is C29H25F6N3O4. The SMILES string of the molecule is COc1cc(C(=O)NCC(O)(c2cc(C(C)(C)O)c(F)c(-c3ccc(F)cc3)n2)C(F)(F)F)cc2ccc(CF)nc12. The number of methoxy groups -OCH3 is 1. The molecule has 2 heterocycles. The van der Waals surface area contributed by atoms with E-state index in [4.69, 9.17) is 4.74 Å². The van der Waals surface area contributed by atoms with Gasteiger partial charge in [-0.2, -0.15) is 13.2 Å². The minimum absolute atomic E-state index is 0.0537. The Hall–Kier alpha value is -4.23. The molecule has 4 aromatic rings. The summed E-state index contributed by atoms with van der Waals surface area (Å²) >= 11 is 0. The van der Waals surface area contributed by atoms with Crippen LogP contribution in [0, 0.1) is 11.6 Å². The molecule has 1 amide bonds. The Morgan fingerprint density at radius 3 is 2.21 bits per heavy atom. The molecule has 42 heavy (non-hydrogen) atoms. The summed E-state index contributed by atoms with van der Waals surface area (Å²) in [5, 5.41) is 23.9. The molecule has 0 saturated carbocycles. The standard InChI is InChI=1S/C29H25F6N3O4/c1-27(2,40)20-12-22(38-25(23(20)32)15-4-7-18(31)8-5-15)28(41,29(33,34)35)14-36-26(39)17-10-16-6-9-19(13-30)37-24(16)21(11-17)42-3/h4-12,40-41H,13-14H2,1-3H3,(H,36,39). The van der Waals surface area contributed by atoms with Gasteiger partial charge in [-0.15, -0.1) is 0 Å². The fourth-order valence-corrected chi connectivity index (χ4v) is 4.24. The average molecular weight is 594 g/mol. The summed E-state index contributed by atoms with van der Waals surface area (Å²) in [4.78, 5) is 20.8. The molecule has 1 atom stereocenters. The highest BCUT2D eigenvalue weighted by atomic mass is 19.4. The average Bonchev–Trinajstić information content (AvgIpc) is 2.94. The van der Waals surface area contributed by atoms with E-state index in [-0.39, 0.29) is 28.1 Å². The molecule has 0 radical (unpaired) electrons. The zero-order valence-corrected chi connectivity index (χ0v) is 22.5. The van der Waals surface area contributed by atoms with Crippen LogP contribution in [0.1, 0.15) is 41.2 Å². The zero-order valence-electron chi connectivity index (χ0n) is 22.5. The number of carbonyl (C=O) groups excluding carboxylic acids is 1. The maximum absolute atomic E-state index is 15.4. The van der Waals surface area contributed by atoms with Crippen LogP contribution in [0.2, 0.25) is 0 Å². The van der Waals surface area contributed by atoms with Gasteiger partial charge in [-0.1, -0.05) is 6.07 Å². The Morgan fingerprint density at radius 1 is 0.976 bits per heavy atom. The van der Waals surface area contributed by atoms with Crippen LogP contribution in [0.3, 0.4) is 0 Å². The number of pyridine rings is 2. The van der Waals surface area contributed by atoms with E-state index in [1.54, 1.807) is 0 Å². The van der Waals surface area contributed by atoms with Gasteiger partial charge in [0.1, 0.15) is 29.5 Å². The molecule has 0 aliphatic rings. The number of halogens is 6. The highest BCUT2D eigenvalue weighted by Gasteiger charge is 2.57. The molecule has 0 aliphatic carbocycles. The Balaban J connectivity index is 1.77. The van der Waals surface area contributed by atoms with Crippen molar-refractivity contribution < 1.29 is 46.1 Å². The van der Waals surface area contributed by atoms with Gasteiger partial charge in [-0.25, -0.2) is 23.1 Å². The number of benzene rings is 2. The van der Waals surface area contributed by atoms with Gasteiger partial charge in [-0.05, 0) is 62.4 Å². The van der Waals surface area contributed by atoms with Crippen LogP contribution in [0.15, 0.2) is 54.6 Å². The lowest BCUT2D eigenvalue weighted by Gasteiger charge is -2.32. The first-order valence-corrected chi connectivity index (χ1v) is 12.4. The smallest absolute Gasteiger partial charge is 0.424 e. The molecule has 0 aliphatic heterocycles. The van der Waals surface area contributed by atoms with Gasteiger partial charge in [0.15, 0.2) is 5.82 Å². The molecule has 0 saturated heterocycles. The molecule has 0 bridgehead atoms. The lowest BCUT2D eigenvalue weighted by molar-refractivity contribution is -0.265. The van der Waals surface area contributed by atoms with E-state index in [0.717, 1.165) is 38.1 Å². The summed E-state index contributed by atoms with van der Waals surface area (Å²) in [6, 6.07) is 9.90. The van der Waals surface area contributed by atoms with Crippen LogP contribution in [-0.4, -0.2) is 45.9 Å². The molecule has 1 unspecified atom stereocenters. The topological polar surface area (TPSA) is 105 Å². The number of amides is 1. The number of nitrogens with one attached hydrogen (secondary N) is 1. The maximum Gasteiger partial charge on any atom is 0.424 e. The fraction of sp³-hybridized carbons (Fsp3) is 0.276. The van der Waals surface area contributed by atoms with Gasteiger partial charge >= 0.3 is 6.18 Å². The molecule has 13 heteroatoms. The van der Waals surface area contributed by atoms with Crippen molar-refractivity contribution in [3.63, 3.8) is 0 Å². The summed E-state index contributed by atoms with van der Waals surface area (Å²) in [5.74, 6) is -2.87. The predicted molar refractivity (Wildman–Crippen MR) is 140 cm³/mol. The van der Waals surface area contributed by atoms with Crippen molar-refractivity contribution in [3.8, 4) is 17.0 Å². The van der Waals surface area contributed by atoms with E-state index in [1.165, 1.54) is 31.4 Å². The quantitative estimate of drug-likeness (QED) is 0.235. The minimum Gasteiger partial charge on any atom is -0.494 e. The number of hydrogen-bond donors (Lipinski definition) is 3. The van der Waals surface area contributed by atoms with Crippen LogP contribution in [0.25, 0.3) is 22.2 Å². The molecule has 0 spiro atoms. The monoisotopic (exact) mass is 593 g/mol. The number of alkyl halides is 4. The third-order valence-electron chi connectivity index (χ3n) is 6.57. The Morgan fingerprint density at radius 2 is 1.64 bits per heavy atom. The van der Waals surface area contributed by atoms with Gasteiger partial charge in [0.25, 0.3) is 5.91 Å². The van der Waals surface area contributed by atoms with E-state index in [9.17, 15) is 37.0 Å². The largest absolute Gasteiger partial charge is 0.494 e. The second-order valence-corrected chi connectivity index (χ2v) is 10.0. The second kappa shape index (κ2) is 11.2. The zero-order chi connectivity index (χ0) is 31.0. The Bertz CT molecular complexity index is 1640. The molecule has 2 aromatic carbocycles. The second-order valence-electron chi connectivity index (χ2n) is 10.0. The van der Waals surface area contributed by atoms with E-state index >= 15 is 4.39 Å². The number of hydrogen-bond acceptors (Lipinski definition) is 6. The Labute approximate surface area is 235 Å². The van der Waals surface area contributed by atoms with E-state index in [1.807, 2.05) is 5.32 Å². The van der Waals surface area contributed by atoms with Crippen LogP contribution in [0.4, 0.5) is 26.3 Å². The number of aliphatic hydroxyl groups is 2. The van der Waals surface area contributed by atoms with Gasteiger partial charge in [0.2, 0.25) is 5.60 Å². The summed E-state index contributed by atoms with van der Waals surface area (Å²) in [7, 11) is 1.27. The number of nitrogens with zero attached hydrogens (tertiary/aromatic N) is 2. The summed E-state index contributed by atoms with van der Waals surface area (Å²) in [6.45, 7) is -0.0680. The van der Waals surface area contributed by atoms with Crippen LogP contribution in [-0.2, 0) is 17.9 Å². The molecular weight excluding hydrogens is 568 g/mol. The van der Waals surface area contributed by atoms with Crippen molar-refractivity contribution in [2.75, 3.05) is 13.7 Å². The summed E-state index contributed by atoms with van der Waals surface area (Å²) in [5.41, 5.74) is -8.26. The van der Waals surface area contributed by atoms with Gasteiger partial charge in [-0.3, -0.25) is 4.79 Å². The summed E-state index contributed by atoms with van der Waals surface area (Å²) < 4.78 is 90.5. The number of aromatic nitrogens is 2. The first kappa shape index (κ1) is 30.7. The highest BCUT2D eigenvalue weighted by Crippen LogP contribution is 2.41. The van der Waals surface area contributed by atoms with E-state index in [2.05, 4.69) is 9.97 Å². The third-order valence-corrected chi connectivity index (χ3v) is 6.57. The number of carbonyl (C=O) groups is 1. The fourth-order valence-electron chi connectivity index (χ4n) is 4.24. The molecule has 7 nitrogen and oxygen atoms in total. The van der Waals surface area contributed by atoms with Gasteiger partial charge in [0, 0.05) is 22.1 Å². The molecule has 3 N–H and O–H groups in total. The van der Waals surface area contributed by atoms with Crippen molar-refractivity contribution >= 4 is 16.8 Å². The Kier molecular flexibility index (Phi) is 8.20. The number of rotatable bonds is 8. The normalized spacial score (nSPS) is 13.6. The lowest BCUT2D eigenvalue weighted by atomic mass is 9.90. The van der Waals surface area contributed by atoms with E-state index < -0.39 is 65.1 Å². The van der Waals surface area contributed by atoms with Crippen LogP contribution < -0.4 is 10.1 Å². The van der Waals surface area contributed by atoms with E-state index in [0.29, 0.717) is 11.5 Å². The van der Waals surface area contributed by atoms with Gasteiger partial charge < -0.3 is 20.3 Å². The molecule has 2 aromatic heterocycles. The molecule has 0 fully saturated rings. The van der Waals surface area contributed by atoms with Crippen LogP contribution >= 0.6 is 0 Å². The molecule has 4 rings (SSSR count). The first-order chi connectivity index (χ1) is 19.6. The van der Waals surface area contributed by atoms with Crippen molar-refractivity contribution in [2.24, 2.45) is 0 Å². The number of fused-ring (bicyclic) bond motifs is 1. The minimum atomic E-state index is -5.45. The van der Waals surface area contributed by atoms with Crippen molar-refractivity contribution in [1.29, 1.82) is 0 Å². The first-order valence-electron chi connectivity index (χ1n) is 12.4. The van der Waals surface area contributed by atoms with Crippen LogP contribution in [0.5, 0.6) is 5.75 Å². The lowest BCUT2D eigenvalue weighted by Crippen LogP contribution is -2.51.